The van der Waals surface area contributed by atoms with Gasteiger partial charge in [-0.1, -0.05) is 0 Å². The molecule has 0 radical (unpaired) electrons. The summed E-state index contributed by atoms with van der Waals surface area (Å²) in [6, 6.07) is 4.28. The van der Waals surface area contributed by atoms with Crippen LogP contribution >= 0.6 is 0 Å². The number of halogens is 1. The van der Waals surface area contributed by atoms with Crippen LogP contribution in [0.5, 0.6) is 0 Å². The summed E-state index contributed by atoms with van der Waals surface area (Å²) in [5.74, 6) is 2.48. The Kier molecular flexibility index (Phi) is 4.39. The first-order chi connectivity index (χ1) is 14.9. The SMILES string of the molecule is CCn1nc(-c2cncc(F)c2)cc1[C@H]1[C@@H]2C[C@H](N3CCC4(CC3)CS(=O)(=O)C4)C[C@@H]21. The van der Waals surface area contributed by atoms with Crippen LogP contribution in [0.3, 0.4) is 0 Å². The number of hydrogen-bond donors (Lipinski definition) is 0. The highest BCUT2D eigenvalue weighted by Crippen LogP contribution is 2.64. The van der Waals surface area contributed by atoms with E-state index >= 15 is 0 Å². The Morgan fingerprint density at radius 3 is 2.45 bits per heavy atom. The summed E-state index contributed by atoms with van der Waals surface area (Å²) in [4.78, 5) is 6.60. The molecule has 8 heteroatoms. The summed E-state index contributed by atoms with van der Waals surface area (Å²) in [6.45, 7) is 5.02. The summed E-state index contributed by atoms with van der Waals surface area (Å²) >= 11 is 0. The molecule has 166 valence electrons. The monoisotopic (exact) mass is 444 g/mol. The Morgan fingerprint density at radius 2 is 1.84 bits per heavy atom. The maximum atomic E-state index is 13.6. The molecule has 0 aromatic carbocycles. The van der Waals surface area contributed by atoms with Crippen LogP contribution in [0.4, 0.5) is 4.39 Å². The highest BCUT2D eigenvalue weighted by molar-refractivity contribution is 7.92. The van der Waals surface area contributed by atoms with Gasteiger partial charge >= 0.3 is 0 Å². The van der Waals surface area contributed by atoms with Gasteiger partial charge in [0.1, 0.15) is 5.82 Å². The molecule has 4 aliphatic rings. The largest absolute Gasteiger partial charge is 0.300 e. The molecule has 6 rings (SSSR count). The summed E-state index contributed by atoms with van der Waals surface area (Å²) < 4.78 is 39.0. The van der Waals surface area contributed by atoms with Gasteiger partial charge in [0.2, 0.25) is 0 Å². The van der Waals surface area contributed by atoms with Crippen molar-refractivity contribution in [1.82, 2.24) is 19.7 Å². The average molecular weight is 445 g/mol. The predicted molar refractivity (Wildman–Crippen MR) is 116 cm³/mol. The zero-order valence-corrected chi connectivity index (χ0v) is 18.7. The first kappa shape index (κ1) is 19.9. The normalized spacial score (nSPS) is 33.2. The number of aryl methyl sites for hydroxylation is 1. The van der Waals surface area contributed by atoms with E-state index in [-0.39, 0.29) is 11.2 Å². The minimum atomic E-state index is -2.74. The van der Waals surface area contributed by atoms with Gasteiger partial charge in [0, 0.05) is 41.4 Å². The molecule has 31 heavy (non-hydrogen) atoms. The van der Waals surface area contributed by atoms with Crippen LogP contribution in [-0.4, -0.2) is 58.7 Å². The molecule has 1 spiro atoms. The van der Waals surface area contributed by atoms with E-state index in [2.05, 4.69) is 27.6 Å². The van der Waals surface area contributed by atoms with Crippen LogP contribution in [0.25, 0.3) is 11.3 Å². The smallest absolute Gasteiger partial charge is 0.151 e. The van der Waals surface area contributed by atoms with Crippen molar-refractivity contribution in [3.63, 3.8) is 0 Å². The lowest BCUT2D eigenvalue weighted by Crippen LogP contribution is -2.55. The minimum Gasteiger partial charge on any atom is -0.300 e. The van der Waals surface area contributed by atoms with Crippen LogP contribution in [0, 0.1) is 23.1 Å². The first-order valence-electron chi connectivity index (χ1n) is 11.5. The Morgan fingerprint density at radius 1 is 1.13 bits per heavy atom. The lowest BCUT2D eigenvalue weighted by Gasteiger charge is -2.48. The van der Waals surface area contributed by atoms with Gasteiger partial charge in [0.25, 0.3) is 0 Å². The number of aromatic nitrogens is 3. The molecular formula is C23H29FN4O2S. The molecule has 4 atom stereocenters. The van der Waals surface area contributed by atoms with Crippen molar-refractivity contribution < 1.29 is 12.8 Å². The average Bonchev–Trinajstić information content (AvgIpc) is 3.07. The second-order valence-electron chi connectivity index (χ2n) is 10.2. The minimum absolute atomic E-state index is 0.0924. The second kappa shape index (κ2) is 6.85. The van der Waals surface area contributed by atoms with E-state index in [0.717, 1.165) is 43.7 Å². The van der Waals surface area contributed by atoms with E-state index in [0.29, 0.717) is 35.3 Å². The zero-order chi connectivity index (χ0) is 21.4. The number of fused-ring (bicyclic) bond motifs is 1. The molecule has 2 aliphatic carbocycles. The number of rotatable bonds is 4. The van der Waals surface area contributed by atoms with E-state index in [9.17, 15) is 12.8 Å². The fraction of sp³-hybridized carbons (Fsp3) is 0.652. The van der Waals surface area contributed by atoms with Gasteiger partial charge in [-0.3, -0.25) is 9.67 Å². The fourth-order valence-corrected chi connectivity index (χ4v) is 9.10. The molecule has 0 amide bonds. The molecule has 2 aliphatic heterocycles. The van der Waals surface area contributed by atoms with Crippen molar-refractivity contribution in [2.75, 3.05) is 24.6 Å². The molecule has 4 fully saturated rings. The van der Waals surface area contributed by atoms with Gasteiger partial charge in [0.05, 0.1) is 23.4 Å². The van der Waals surface area contributed by atoms with Gasteiger partial charge in [-0.05, 0) is 69.7 Å². The van der Waals surface area contributed by atoms with E-state index in [1.807, 2.05) is 0 Å². The molecule has 0 unspecified atom stereocenters. The van der Waals surface area contributed by atoms with E-state index in [4.69, 9.17) is 5.10 Å². The van der Waals surface area contributed by atoms with E-state index in [1.54, 1.807) is 6.20 Å². The third kappa shape index (κ3) is 3.33. The third-order valence-corrected chi connectivity index (χ3v) is 10.4. The lowest BCUT2D eigenvalue weighted by atomic mass is 9.80. The van der Waals surface area contributed by atoms with Crippen molar-refractivity contribution in [2.45, 2.75) is 51.1 Å². The number of pyridine rings is 1. The van der Waals surface area contributed by atoms with Gasteiger partial charge in [-0.2, -0.15) is 5.10 Å². The van der Waals surface area contributed by atoms with Crippen molar-refractivity contribution in [3.8, 4) is 11.3 Å². The number of sulfone groups is 1. The van der Waals surface area contributed by atoms with Crippen molar-refractivity contribution in [1.29, 1.82) is 0 Å². The Bertz CT molecular complexity index is 1100. The molecule has 6 nitrogen and oxygen atoms in total. The first-order valence-corrected chi connectivity index (χ1v) is 13.3. The summed E-state index contributed by atoms with van der Waals surface area (Å²) in [7, 11) is -2.74. The molecule has 2 saturated carbocycles. The number of hydrogen-bond acceptors (Lipinski definition) is 5. The molecule has 4 heterocycles. The Labute approximate surface area is 182 Å². The Balaban J connectivity index is 1.11. The van der Waals surface area contributed by atoms with Crippen molar-refractivity contribution in [3.05, 3.63) is 36.0 Å². The highest BCUT2D eigenvalue weighted by atomic mass is 32.2. The highest BCUT2D eigenvalue weighted by Gasteiger charge is 2.59. The molecule has 0 bridgehead atoms. The summed E-state index contributed by atoms with van der Waals surface area (Å²) in [5.41, 5.74) is 2.92. The van der Waals surface area contributed by atoms with Crippen LogP contribution < -0.4 is 0 Å². The van der Waals surface area contributed by atoms with E-state index in [1.165, 1.54) is 30.8 Å². The third-order valence-electron chi connectivity index (χ3n) is 8.30. The van der Waals surface area contributed by atoms with Crippen molar-refractivity contribution >= 4 is 9.84 Å². The van der Waals surface area contributed by atoms with Gasteiger partial charge in [-0.25, -0.2) is 12.8 Å². The summed E-state index contributed by atoms with van der Waals surface area (Å²) in [5, 5.41) is 4.73. The molecule has 2 saturated heterocycles. The number of likely N-dealkylation sites (tertiary alicyclic amines) is 1. The fourth-order valence-electron chi connectivity index (χ4n) is 6.74. The van der Waals surface area contributed by atoms with Crippen LogP contribution in [0.2, 0.25) is 0 Å². The molecule has 0 N–H and O–H groups in total. The second-order valence-corrected chi connectivity index (χ2v) is 12.3. The lowest BCUT2D eigenvalue weighted by molar-refractivity contribution is 0.0852. The quantitative estimate of drug-likeness (QED) is 0.725. The number of piperidine rings is 1. The van der Waals surface area contributed by atoms with Gasteiger partial charge < -0.3 is 4.90 Å². The number of nitrogens with zero attached hydrogens (tertiary/aromatic N) is 4. The zero-order valence-electron chi connectivity index (χ0n) is 17.9. The maximum absolute atomic E-state index is 13.6. The van der Waals surface area contributed by atoms with Crippen LogP contribution in [0.1, 0.15) is 44.2 Å². The molecule has 2 aromatic heterocycles. The van der Waals surface area contributed by atoms with Gasteiger partial charge in [-0.15, -0.1) is 0 Å². The van der Waals surface area contributed by atoms with Crippen molar-refractivity contribution in [2.24, 2.45) is 17.3 Å². The standard InChI is InChI=1S/C23H29FN4O2S/c1-2-28-21(10-20(26-28)15-7-16(24)12-25-11-15)22-18-8-17(9-19(18)22)27-5-3-23(4-6-27)13-31(29,30)14-23/h7,10-12,17-19,22H,2-6,8-9,13-14H2,1H3/t17-,18+,19-,22-. The molecule has 2 aromatic rings. The summed E-state index contributed by atoms with van der Waals surface area (Å²) in [6.07, 6.45) is 7.43. The maximum Gasteiger partial charge on any atom is 0.151 e. The van der Waals surface area contributed by atoms with Crippen LogP contribution in [0.15, 0.2) is 24.5 Å². The topological polar surface area (TPSA) is 68.1 Å². The molecular weight excluding hydrogens is 415 g/mol. The van der Waals surface area contributed by atoms with Gasteiger partial charge in [0.15, 0.2) is 9.84 Å². The Hall–Kier alpha value is -1.80. The van der Waals surface area contributed by atoms with Crippen LogP contribution in [-0.2, 0) is 16.4 Å². The van der Waals surface area contributed by atoms with E-state index < -0.39 is 9.84 Å². The predicted octanol–water partition coefficient (Wildman–Crippen LogP) is 3.11.